The van der Waals surface area contributed by atoms with Gasteiger partial charge in [-0.1, -0.05) is 0 Å². The molecule has 3 aromatic rings. The lowest BCUT2D eigenvalue weighted by atomic mass is 9.97. The minimum absolute atomic E-state index is 0.0205. The number of piperidine rings is 1. The van der Waals surface area contributed by atoms with E-state index in [0.717, 1.165) is 54.2 Å². The van der Waals surface area contributed by atoms with E-state index in [0.29, 0.717) is 29.9 Å². The lowest BCUT2D eigenvalue weighted by Crippen LogP contribution is -2.40. The number of methoxy groups -OCH3 is 1. The first-order valence-electron chi connectivity index (χ1n) is 11.8. The molecule has 2 aliphatic rings. The van der Waals surface area contributed by atoms with Gasteiger partial charge in [0, 0.05) is 31.9 Å². The van der Waals surface area contributed by atoms with E-state index in [9.17, 15) is 4.79 Å². The van der Waals surface area contributed by atoms with Crippen LogP contribution in [0.1, 0.15) is 24.1 Å². The molecule has 2 N–H and O–H groups in total. The number of carbonyl (C=O) groups excluding carboxylic acids is 1. The predicted octanol–water partition coefficient (Wildman–Crippen LogP) is 3.12. The topological polar surface area (TPSA) is 92.3 Å². The second-order valence-corrected chi connectivity index (χ2v) is 9.88. The monoisotopic (exact) mass is 478 g/mol. The fourth-order valence-electron chi connectivity index (χ4n) is 4.68. The van der Waals surface area contributed by atoms with Gasteiger partial charge in [-0.2, -0.15) is 0 Å². The van der Waals surface area contributed by atoms with Gasteiger partial charge in [0.15, 0.2) is 0 Å². The maximum absolute atomic E-state index is 11.6. The summed E-state index contributed by atoms with van der Waals surface area (Å²) in [5, 5.41) is 6.45. The molecule has 5 heterocycles. The summed E-state index contributed by atoms with van der Waals surface area (Å²) in [6, 6.07) is 10.0. The van der Waals surface area contributed by atoms with Crippen molar-refractivity contribution in [3.05, 3.63) is 47.8 Å². The minimum atomic E-state index is 0.0205. The number of nitrogens with zero attached hydrogens (tertiary/aromatic N) is 4. The number of anilines is 1. The first kappa shape index (κ1) is 23.0. The molecule has 2 aliphatic heterocycles. The first-order valence-corrected chi connectivity index (χ1v) is 12.8. The molecule has 0 aromatic carbocycles. The average Bonchev–Trinajstić information content (AvgIpc) is 2.87. The number of fused-ring (bicyclic) bond motifs is 2. The quantitative estimate of drug-likeness (QED) is 0.510. The Bertz CT molecular complexity index is 1170. The van der Waals surface area contributed by atoms with Crippen LogP contribution in [0.3, 0.4) is 0 Å². The molecule has 0 saturated carbocycles. The number of thioether (sulfide) groups is 1. The van der Waals surface area contributed by atoms with E-state index in [4.69, 9.17) is 4.74 Å². The van der Waals surface area contributed by atoms with Crippen molar-refractivity contribution in [2.45, 2.75) is 30.7 Å². The van der Waals surface area contributed by atoms with E-state index >= 15 is 0 Å². The summed E-state index contributed by atoms with van der Waals surface area (Å²) in [6.07, 6.45) is 5.27. The van der Waals surface area contributed by atoms with Crippen molar-refractivity contribution >= 4 is 34.5 Å². The van der Waals surface area contributed by atoms with Crippen LogP contribution in [0.5, 0.6) is 5.88 Å². The third kappa shape index (κ3) is 5.48. The van der Waals surface area contributed by atoms with E-state index in [-0.39, 0.29) is 5.91 Å². The van der Waals surface area contributed by atoms with Gasteiger partial charge >= 0.3 is 0 Å². The van der Waals surface area contributed by atoms with E-state index in [2.05, 4.69) is 42.6 Å². The number of hydrogen-bond donors (Lipinski definition) is 2. The third-order valence-electron chi connectivity index (χ3n) is 6.42. The number of amides is 1. The van der Waals surface area contributed by atoms with Crippen LogP contribution >= 0.6 is 11.8 Å². The van der Waals surface area contributed by atoms with Crippen LogP contribution in [0.15, 0.2) is 41.4 Å². The van der Waals surface area contributed by atoms with Crippen molar-refractivity contribution < 1.29 is 9.53 Å². The van der Waals surface area contributed by atoms with E-state index in [1.54, 1.807) is 18.9 Å². The highest BCUT2D eigenvalue weighted by Gasteiger charge is 2.20. The van der Waals surface area contributed by atoms with Gasteiger partial charge < -0.3 is 20.3 Å². The molecule has 178 valence electrons. The zero-order chi connectivity index (χ0) is 23.3. The van der Waals surface area contributed by atoms with Crippen LogP contribution in [0.4, 0.5) is 5.82 Å². The molecular weight excluding hydrogens is 448 g/mol. The summed E-state index contributed by atoms with van der Waals surface area (Å²) in [6.45, 7) is 4.92. The normalized spacial score (nSPS) is 18.5. The van der Waals surface area contributed by atoms with Gasteiger partial charge in [0.2, 0.25) is 11.8 Å². The molecule has 5 rings (SSSR count). The van der Waals surface area contributed by atoms with E-state index in [1.807, 2.05) is 24.4 Å². The smallest absolute Gasteiger partial charge is 0.235 e. The molecule has 0 aliphatic carbocycles. The second-order valence-electron chi connectivity index (χ2n) is 8.87. The molecule has 1 atom stereocenters. The maximum atomic E-state index is 11.6. The summed E-state index contributed by atoms with van der Waals surface area (Å²) in [7, 11) is 1.64. The fraction of sp³-hybridized carbons (Fsp3) is 0.440. The predicted molar refractivity (Wildman–Crippen MR) is 134 cm³/mol. The molecule has 9 heteroatoms. The Kier molecular flexibility index (Phi) is 7.22. The van der Waals surface area contributed by atoms with Crippen molar-refractivity contribution in [1.29, 1.82) is 0 Å². The molecule has 1 fully saturated rings. The van der Waals surface area contributed by atoms with Crippen molar-refractivity contribution in [2.75, 3.05) is 44.4 Å². The van der Waals surface area contributed by atoms with Crippen LogP contribution in [-0.2, 0) is 17.8 Å². The van der Waals surface area contributed by atoms with Gasteiger partial charge in [-0.15, -0.1) is 11.8 Å². The van der Waals surface area contributed by atoms with Gasteiger partial charge in [-0.3, -0.25) is 9.78 Å². The van der Waals surface area contributed by atoms with Crippen molar-refractivity contribution in [1.82, 2.24) is 25.2 Å². The first-order chi connectivity index (χ1) is 16.7. The SMILES string of the molecule is COc1ccc2nccc(CCN3CCCC(CNCc4ccc5c(n4)NC(=O)CS5)C3)c2n1. The minimum Gasteiger partial charge on any atom is -0.481 e. The zero-order valence-electron chi connectivity index (χ0n) is 19.4. The van der Waals surface area contributed by atoms with Crippen LogP contribution in [-0.4, -0.2) is 64.8 Å². The largest absolute Gasteiger partial charge is 0.481 e. The number of ether oxygens (including phenoxy) is 1. The van der Waals surface area contributed by atoms with Crippen LogP contribution in [0, 0.1) is 5.92 Å². The van der Waals surface area contributed by atoms with Crippen molar-refractivity contribution in [2.24, 2.45) is 5.92 Å². The second kappa shape index (κ2) is 10.7. The molecule has 0 bridgehead atoms. The average molecular weight is 479 g/mol. The Labute approximate surface area is 203 Å². The Balaban J connectivity index is 1.12. The summed E-state index contributed by atoms with van der Waals surface area (Å²) in [5.41, 5.74) is 4.02. The molecule has 3 aromatic heterocycles. The number of carbonyl (C=O) groups is 1. The summed E-state index contributed by atoms with van der Waals surface area (Å²) >= 11 is 1.54. The maximum Gasteiger partial charge on any atom is 0.235 e. The summed E-state index contributed by atoms with van der Waals surface area (Å²) in [5.74, 6) is 2.42. The molecule has 1 amide bonds. The van der Waals surface area contributed by atoms with Gasteiger partial charge in [0.1, 0.15) is 5.82 Å². The fourth-order valence-corrected chi connectivity index (χ4v) is 5.44. The molecular formula is C25H30N6O2S. The molecule has 1 unspecified atom stereocenters. The summed E-state index contributed by atoms with van der Waals surface area (Å²) < 4.78 is 5.31. The van der Waals surface area contributed by atoms with E-state index in [1.165, 1.54) is 18.4 Å². The number of likely N-dealkylation sites (tertiary alicyclic amines) is 1. The van der Waals surface area contributed by atoms with Crippen LogP contribution in [0.25, 0.3) is 11.0 Å². The standard InChI is InChI=1S/C25H30N6O2S/c1-33-23-7-5-20-24(30-23)18(8-10-27-20)9-12-31-11-2-3-17(15-31)13-26-14-19-4-6-21-25(28-19)29-22(32)16-34-21/h4-8,10,17,26H,2-3,9,11-16H2,1H3,(H,28,29,32). The molecule has 8 nitrogen and oxygen atoms in total. The number of nitrogens with one attached hydrogen (secondary N) is 2. The highest BCUT2D eigenvalue weighted by atomic mass is 32.2. The molecule has 1 saturated heterocycles. The molecule has 34 heavy (non-hydrogen) atoms. The number of hydrogen-bond acceptors (Lipinski definition) is 8. The van der Waals surface area contributed by atoms with Gasteiger partial charge in [0.05, 0.1) is 34.5 Å². The highest BCUT2D eigenvalue weighted by molar-refractivity contribution is 8.00. The third-order valence-corrected chi connectivity index (χ3v) is 7.47. The molecule has 0 spiro atoms. The Morgan fingerprint density at radius 2 is 2.18 bits per heavy atom. The van der Waals surface area contributed by atoms with Crippen LogP contribution < -0.4 is 15.4 Å². The lowest BCUT2D eigenvalue weighted by Gasteiger charge is -2.33. The Hall–Kier alpha value is -2.75. The highest BCUT2D eigenvalue weighted by Crippen LogP contribution is 2.29. The number of pyridine rings is 3. The molecule has 0 radical (unpaired) electrons. The lowest BCUT2D eigenvalue weighted by molar-refractivity contribution is -0.113. The Morgan fingerprint density at radius 3 is 3.09 bits per heavy atom. The zero-order valence-corrected chi connectivity index (χ0v) is 20.2. The van der Waals surface area contributed by atoms with Crippen molar-refractivity contribution in [3.63, 3.8) is 0 Å². The van der Waals surface area contributed by atoms with Crippen LogP contribution in [0.2, 0.25) is 0 Å². The van der Waals surface area contributed by atoms with E-state index < -0.39 is 0 Å². The van der Waals surface area contributed by atoms with Crippen molar-refractivity contribution in [3.8, 4) is 5.88 Å². The van der Waals surface area contributed by atoms with Gasteiger partial charge in [-0.25, -0.2) is 9.97 Å². The Morgan fingerprint density at radius 1 is 1.24 bits per heavy atom. The number of aromatic nitrogens is 3. The van der Waals surface area contributed by atoms with Gasteiger partial charge in [0.25, 0.3) is 0 Å². The van der Waals surface area contributed by atoms with Gasteiger partial charge in [-0.05, 0) is 68.1 Å². The summed E-state index contributed by atoms with van der Waals surface area (Å²) in [4.78, 5) is 28.9. The number of rotatable bonds is 8.